The van der Waals surface area contributed by atoms with E-state index in [-0.39, 0.29) is 24.2 Å². The fourth-order valence-corrected chi connectivity index (χ4v) is 3.01. The highest BCUT2D eigenvalue weighted by atomic mass is 35.5. The summed E-state index contributed by atoms with van der Waals surface area (Å²) in [5.74, 6) is 0.535. The van der Waals surface area contributed by atoms with Crippen molar-refractivity contribution in [1.82, 2.24) is 9.80 Å². The van der Waals surface area contributed by atoms with E-state index in [1.165, 1.54) is 5.56 Å². The highest BCUT2D eigenvalue weighted by Gasteiger charge is 2.27. The Morgan fingerprint density at radius 3 is 2.08 bits per heavy atom. The van der Waals surface area contributed by atoms with Gasteiger partial charge in [-0.1, -0.05) is 43.7 Å². The molecule has 1 fully saturated rings. The quantitative estimate of drug-likeness (QED) is 0.865. The van der Waals surface area contributed by atoms with Crippen molar-refractivity contribution in [2.24, 2.45) is 11.7 Å². The van der Waals surface area contributed by atoms with Crippen LogP contribution in [0.25, 0.3) is 0 Å². The van der Waals surface area contributed by atoms with Gasteiger partial charge in [0, 0.05) is 26.2 Å². The summed E-state index contributed by atoms with van der Waals surface area (Å²) < 4.78 is 0. The van der Waals surface area contributed by atoms with Crippen LogP contribution in [-0.2, 0) is 16.0 Å². The number of carbonyl (C=O) groups is 2. The molecule has 2 rings (SSSR count). The first-order chi connectivity index (χ1) is 11.4. The third-order valence-electron chi connectivity index (χ3n) is 4.46. The van der Waals surface area contributed by atoms with E-state index in [2.05, 4.69) is 13.8 Å². The van der Waals surface area contributed by atoms with Crippen LogP contribution in [0, 0.1) is 12.8 Å². The zero-order valence-electron chi connectivity index (χ0n) is 15.4. The molecule has 0 spiro atoms. The lowest BCUT2D eigenvalue weighted by molar-refractivity contribution is -0.140. The molecule has 1 aliphatic rings. The molecule has 1 aliphatic heterocycles. The number of amides is 2. The van der Waals surface area contributed by atoms with Gasteiger partial charge < -0.3 is 15.5 Å². The summed E-state index contributed by atoms with van der Waals surface area (Å²) in [4.78, 5) is 28.4. The lowest BCUT2D eigenvalue weighted by atomic mass is 10.0. The number of carbonyl (C=O) groups excluding carboxylic acids is 2. The highest BCUT2D eigenvalue weighted by molar-refractivity contribution is 5.85. The zero-order valence-corrected chi connectivity index (χ0v) is 16.2. The monoisotopic (exact) mass is 367 g/mol. The van der Waals surface area contributed by atoms with Crippen molar-refractivity contribution in [2.75, 3.05) is 26.2 Å². The Balaban J connectivity index is 0.00000312. The normalized spacial score (nSPS) is 15.7. The largest absolute Gasteiger partial charge is 0.339 e. The lowest BCUT2D eigenvalue weighted by Crippen LogP contribution is -2.54. The van der Waals surface area contributed by atoms with E-state index in [1.807, 2.05) is 36.1 Å². The number of rotatable bonds is 5. The van der Waals surface area contributed by atoms with Crippen LogP contribution in [0.1, 0.15) is 31.4 Å². The Kier molecular flexibility index (Phi) is 8.39. The van der Waals surface area contributed by atoms with Gasteiger partial charge in [0.1, 0.15) is 0 Å². The molecule has 1 atom stereocenters. The predicted octanol–water partition coefficient (Wildman–Crippen LogP) is 2.00. The first kappa shape index (κ1) is 21.5. The summed E-state index contributed by atoms with van der Waals surface area (Å²) in [6.45, 7) is 8.49. The maximum atomic E-state index is 12.4. The Labute approximate surface area is 157 Å². The van der Waals surface area contributed by atoms with E-state index in [0.717, 1.165) is 5.56 Å². The van der Waals surface area contributed by atoms with Crippen LogP contribution < -0.4 is 5.73 Å². The summed E-state index contributed by atoms with van der Waals surface area (Å²) >= 11 is 0. The fraction of sp³-hybridized carbons (Fsp3) is 0.579. The van der Waals surface area contributed by atoms with Crippen LogP contribution in [-0.4, -0.2) is 53.8 Å². The van der Waals surface area contributed by atoms with Crippen LogP contribution in [0.15, 0.2) is 24.3 Å². The second kappa shape index (κ2) is 9.78. The molecule has 2 N–H and O–H groups in total. The molecule has 25 heavy (non-hydrogen) atoms. The molecule has 5 nitrogen and oxygen atoms in total. The molecule has 0 radical (unpaired) electrons. The van der Waals surface area contributed by atoms with Crippen molar-refractivity contribution in [3.63, 3.8) is 0 Å². The van der Waals surface area contributed by atoms with Crippen molar-refractivity contribution in [3.05, 3.63) is 35.4 Å². The van der Waals surface area contributed by atoms with E-state index in [4.69, 9.17) is 5.73 Å². The van der Waals surface area contributed by atoms with Gasteiger partial charge >= 0.3 is 0 Å². The third-order valence-corrected chi connectivity index (χ3v) is 4.46. The second-order valence-corrected chi connectivity index (χ2v) is 7.10. The first-order valence-corrected chi connectivity index (χ1v) is 8.74. The fourth-order valence-electron chi connectivity index (χ4n) is 3.01. The Morgan fingerprint density at radius 1 is 1.04 bits per heavy atom. The second-order valence-electron chi connectivity index (χ2n) is 7.10. The number of hydrogen-bond acceptors (Lipinski definition) is 3. The topological polar surface area (TPSA) is 66.6 Å². The van der Waals surface area contributed by atoms with Gasteiger partial charge in [-0.2, -0.15) is 0 Å². The zero-order chi connectivity index (χ0) is 17.7. The standard InChI is InChI=1S/C19H29N3O2.ClH/c1-14(2)12-17(20)19(24)22-10-8-21(9-11-22)18(23)13-16-6-4-15(3)5-7-16;/h4-7,14,17H,8-13,20H2,1-3H3;1H/t17-;/m0./s1. The van der Waals surface area contributed by atoms with E-state index in [1.54, 1.807) is 4.90 Å². The molecular weight excluding hydrogens is 338 g/mol. The summed E-state index contributed by atoms with van der Waals surface area (Å²) in [6.07, 6.45) is 1.12. The molecule has 1 aromatic carbocycles. The van der Waals surface area contributed by atoms with E-state index in [9.17, 15) is 9.59 Å². The molecule has 140 valence electrons. The molecule has 0 unspecified atom stereocenters. The molecule has 0 aromatic heterocycles. The van der Waals surface area contributed by atoms with Crippen LogP contribution in [0.2, 0.25) is 0 Å². The van der Waals surface area contributed by atoms with Gasteiger partial charge in [-0.15, -0.1) is 12.4 Å². The van der Waals surface area contributed by atoms with Crippen molar-refractivity contribution in [3.8, 4) is 0 Å². The molecule has 1 heterocycles. The number of piperazine rings is 1. The average Bonchev–Trinajstić information content (AvgIpc) is 2.55. The molecule has 0 bridgehead atoms. The SMILES string of the molecule is Cc1ccc(CC(=O)N2CCN(C(=O)[C@@H](N)CC(C)C)CC2)cc1.Cl. The minimum Gasteiger partial charge on any atom is -0.339 e. The van der Waals surface area contributed by atoms with Gasteiger partial charge in [0.25, 0.3) is 0 Å². The van der Waals surface area contributed by atoms with Gasteiger partial charge in [-0.05, 0) is 24.8 Å². The van der Waals surface area contributed by atoms with E-state index in [0.29, 0.717) is 44.9 Å². The first-order valence-electron chi connectivity index (χ1n) is 8.74. The van der Waals surface area contributed by atoms with Crippen LogP contribution in [0.4, 0.5) is 0 Å². The Morgan fingerprint density at radius 2 is 1.56 bits per heavy atom. The molecule has 2 amide bonds. The number of benzene rings is 1. The molecule has 1 aromatic rings. The van der Waals surface area contributed by atoms with Crippen molar-refractivity contribution in [2.45, 2.75) is 39.7 Å². The van der Waals surface area contributed by atoms with Crippen molar-refractivity contribution >= 4 is 24.2 Å². The van der Waals surface area contributed by atoms with Crippen LogP contribution >= 0.6 is 12.4 Å². The molecule has 0 saturated carbocycles. The van der Waals surface area contributed by atoms with E-state index < -0.39 is 6.04 Å². The van der Waals surface area contributed by atoms with Crippen molar-refractivity contribution in [1.29, 1.82) is 0 Å². The lowest BCUT2D eigenvalue weighted by Gasteiger charge is -2.36. The Bertz CT molecular complexity index is 567. The smallest absolute Gasteiger partial charge is 0.239 e. The summed E-state index contributed by atoms with van der Waals surface area (Å²) in [7, 11) is 0. The number of nitrogens with two attached hydrogens (primary N) is 1. The number of halogens is 1. The number of hydrogen-bond donors (Lipinski definition) is 1. The minimum atomic E-state index is -0.431. The summed E-state index contributed by atoms with van der Waals surface area (Å²) in [5, 5.41) is 0. The third kappa shape index (κ3) is 6.33. The van der Waals surface area contributed by atoms with Crippen LogP contribution in [0.3, 0.4) is 0 Å². The molecule has 1 saturated heterocycles. The molecule has 0 aliphatic carbocycles. The van der Waals surface area contributed by atoms with Crippen LogP contribution in [0.5, 0.6) is 0 Å². The van der Waals surface area contributed by atoms with Gasteiger partial charge in [0.15, 0.2) is 0 Å². The minimum absolute atomic E-state index is 0. The average molecular weight is 368 g/mol. The highest BCUT2D eigenvalue weighted by Crippen LogP contribution is 2.11. The van der Waals surface area contributed by atoms with Crippen molar-refractivity contribution < 1.29 is 9.59 Å². The predicted molar refractivity (Wildman–Crippen MR) is 103 cm³/mol. The number of aryl methyl sites for hydroxylation is 1. The summed E-state index contributed by atoms with van der Waals surface area (Å²) in [6, 6.07) is 7.61. The van der Waals surface area contributed by atoms with Gasteiger partial charge in [-0.25, -0.2) is 0 Å². The molecular formula is C19H30ClN3O2. The Hall–Kier alpha value is -1.59. The van der Waals surface area contributed by atoms with E-state index >= 15 is 0 Å². The van der Waals surface area contributed by atoms with Gasteiger partial charge in [0.05, 0.1) is 12.5 Å². The van der Waals surface area contributed by atoms with Gasteiger partial charge in [-0.3, -0.25) is 9.59 Å². The maximum Gasteiger partial charge on any atom is 0.239 e. The maximum absolute atomic E-state index is 12.4. The summed E-state index contributed by atoms with van der Waals surface area (Å²) in [5.41, 5.74) is 8.21. The molecule has 6 heteroatoms. The van der Waals surface area contributed by atoms with Gasteiger partial charge in [0.2, 0.25) is 11.8 Å². The number of nitrogens with zero attached hydrogens (tertiary/aromatic N) is 2.